The normalized spacial score (nSPS) is 13.2. The molecule has 5 heteroatoms. The van der Waals surface area contributed by atoms with Gasteiger partial charge in [-0.05, 0) is 52.6 Å². The molecule has 3 aromatic rings. The number of ether oxygens (including phenoxy) is 1. The number of nitrogens with zero attached hydrogens (tertiary/aromatic N) is 1. The van der Waals surface area contributed by atoms with Crippen molar-refractivity contribution in [3.8, 4) is 5.75 Å². The van der Waals surface area contributed by atoms with Crippen LogP contribution in [0.25, 0.3) is 10.8 Å². The third-order valence-corrected chi connectivity index (χ3v) is 5.40. The van der Waals surface area contributed by atoms with Gasteiger partial charge in [-0.3, -0.25) is 9.59 Å². The summed E-state index contributed by atoms with van der Waals surface area (Å²) in [5, 5.41) is 5.11. The van der Waals surface area contributed by atoms with E-state index in [-0.39, 0.29) is 24.3 Å². The molecule has 0 saturated heterocycles. The Morgan fingerprint density at radius 3 is 2.60 bits per heavy atom. The second-order valence-electron chi connectivity index (χ2n) is 7.99. The first-order chi connectivity index (χ1) is 14.5. The lowest BCUT2D eigenvalue weighted by molar-refractivity contribution is -0.135. The van der Waals surface area contributed by atoms with E-state index in [2.05, 4.69) is 5.32 Å². The maximum absolute atomic E-state index is 12.4. The summed E-state index contributed by atoms with van der Waals surface area (Å²) in [5.74, 6) is 0.603. The van der Waals surface area contributed by atoms with Crippen LogP contribution in [-0.2, 0) is 22.6 Å². The summed E-state index contributed by atoms with van der Waals surface area (Å²) in [5.41, 5.74) is 3.04. The van der Waals surface area contributed by atoms with E-state index in [0.717, 1.165) is 35.0 Å². The van der Waals surface area contributed by atoms with Gasteiger partial charge in [0.2, 0.25) is 5.91 Å². The van der Waals surface area contributed by atoms with Gasteiger partial charge < -0.3 is 15.0 Å². The number of carbonyl (C=O) groups excluding carboxylic acids is 2. The molecule has 1 N–H and O–H groups in total. The monoisotopic (exact) mass is 402 g/mol. The van der Waals surface area contributed by atoms with E-state index < -0.39 is 0 Å². The molecule has 0 aromatic heterocycles. The highest BCUT2D eigenvalue weighted by Crippen LogP contribution is 2.24. The van der Waals surface area contributed by atoms with Crippen molar-refractivity contribution in [3.63, 3.8) is 0 Å². The molecule has 0 spiro atoms. The van der Waals surface area contributed by atoms with Crippen molar-refractivity contribution in [2.24, 2.45) is 5.92 Å². The number of amides is 2. The Kier molecular flexibility index (Phi) is 5.70. The Labute approximate surface area is 176 Å². The Balaban J connectivity index is 1.37. The van der Waals surface area contributed by atoms with E-state index in [1.807, 2.05) is 79.4 Å². The van der Waals surface area contributed by atoms with Crippen molar-refractivity contribution in [1.82, 2.24) is 4.90 Å². The van der Waals surface area contributed by atoms with Gasteiger partial charge in [-0.2, -0.15) is 0 Å². The van der Waals surface area contributed by atoms with Crippen molar-refractivity contribution in [3.05, 3.63) is 71.8 Å². The molecule has 5 nitrogen and oxygen atoms in total. The highest BCUT2D eigenvalue weighted by molar-refractivity contribution is 5.92. The quantitative estimate of drug-likeness (QED) is 0.688. The van der Waals surface area contributed by atoms with Crippen LogP contribution in [-0.4, -0.2) is 29.9 Å². The fourth-order valence-corrected chi connectivity index (χ4v) is 3.79. The average Bonchev–Trinajstić information content (AvgIpc) is 2.76. The first-order valence-corrected chi connectivity index (χ1v) is 10.3. The number of nitrogens with one attached hydrogen (secondary N) is 1. The second-order valence-corrected chi connectivity index (χ2v) is 7.99. The van der Waals surface area contributed by atoms with Gasteiger partial charge >= 0.3 is 0 Å². The topological polar surface area (TPSA) is 58.6 Å². The average molecular weight is 402 g/mol. The molecule has 154 valence electrons. The molecule has 0 radical (unpaired) electrons. The summed E-state index contributed by atoms with van der Waals surface area (Å²) < 4.78 is 5.67. The van der Waals surface area contributed by atoms with Crippen molar-refractivity contribution in [1.29, 1.82) is 0 Å². The molecule has 0 bridgehead atoms. The fraction of sp³-hybridized carbons (Fsp3) is 0.280. The predicted octanol–water partition coefficient (Wildman–Crippen LogP) is 4.40. The van der Waals surface area contributed by atoms with E-state index in [4.69, 9.17) is 4.74 Å². The zero-order valence-corrected chi connectivity index (χ0v) is 17.4. The molecule has 3 aromatic carbocycles. The number of carbonyl (C=O) groups is 2. The molecule has 0 fully saturated rings. The molecule has 2 amide bonds. The van der Waals surface area contributed by atoms with Gasteiger partial charge in [-0.25, -0.2) is 0 Å². The molecular weight excluding hydrogens is 376 g/mol. The van der Waals surface area contributed by atoms with Crippen LogP contribution in [0.1, 0.15) is 25.0 Å². The van der Waals surface area contributed by atoms with Crippen LogP contribution in [0, 0.1) is 5.92 Å². The van der Waals surface area contributed by atoms with Crippen LogP contribution in [0.15, 0.2) is 60.7 Å². The van der Waals surface area contributed by atoms with E-state index in [1.54, 1.807) is 0 Å². The summed E-state index contributed by atoms with van der Waals surface area (Å²) in [6.07, 6.45) is 0.840. The molecular formula is C25H26N2O3. The molecule has 1 heterocycles. The number of anilines is 1. The number of hydrogen-bond donors (Lipinski definition) is 1. The summed E-state index contributed by atoms with van der Waals surface area (Å²) in [4.78, 5) is 26.6. The van der Waals surface area contributed by atoms with E-state index in [1.165, 1.54) is 5.56 Å². The van der Waals surface area contributed by atoms with Crippen LogP contribution >= 0.6 is 0 Å². The summed E-state index contributed by atoms with van der Waals surface area (Å²) >= 11 is 0. The summed E-state index contributed by atoms with van der Waals surface area (Å²) in [6, 6.07) is 19.7. The first kappa shape index (κ1) is 20.0. The lowest BCUT2D eigenvalue weighted by Gasteiger charge is -2.30. The van der Waals surface area contributed by atoms with Crippen molar-refractivity contribution >= 4 is 28.3 Å². The smallest absolute Gasteiger partial charge is 0.262 e. The van der Waals surface area contributed by atoms with Crippen molar-refractivity contribution < 1.29 is 14.3 Å². The highest BCUT2D eigenvalue weighted by atomic mass is 16.5. The number of hydrogen-bond acceptors (Lipinski definition) is 3. The van der Waals surface area contributed by atoms with Gasteiger partial charge in [0.1, 0.15) is 5.75 Å². The Hall–Kier alpha value is -3.34. The maximum atomic E-state index is 12.4. The standard InChI is InChI=1S/C25H26N2O3/c1-17(2)25(29)27-12-11-19-7-9-22(13-21(19)15-27)26-24(28)16-30-23-10-8-18-5-3-4-6-20(18)14-23/h3-10,13-14,17H,11-12,15-16H2,1-2H3,(H,26,28). The maximum Gasteiger partial charge on any atom is 0.262 e. The molecule has 0 unspecified atom stereocenters. The zero-order valence-electron chi connectivity index (χ0n) is 17.4. The summed E-state index contributed by atoms with van der Waals surface area (Å²) in [6.45, 7) is 5.11. The second kappa shape index (κ2) is 8.57. The van der Waals surface area contributed by atoms with Gasteiger partial charge in [0.25, 0.3) is 5.91 Å². The minimum absolute atomic E-state index is 0.0123. The zero-order chi connectivity index (χ0) is 21.1. The highest BCUT2D eigenvalue weighted by Gasteiger charge is 2.22. The Morgan fingerprint density at radius 2 is 1.80 bits per heavy atom. The van der Waals surface area contributed by atoms with E-state index >= 15 is 0 Å². The molecule has 0 atom stereocenters. The molecule has 1 aliphatic heterocycles. The minimum atomic E-state index is -0.214. The lowest BCUT2D eigenvalue weighted by atomic mass is 9.98. The predicted molar refractivity (Wildman–Crippen MR) is 118 cm³/mol. The van der Waals surface area contributed by atoms with Crippen LogP contribution in [0.5, 0.6) is 5.75 Å². The number of benzene rings is 3. The number of rotatable bonds is 5. The largest absolute Gasteiger partial charge is 0.484 e. The molecule has 30 heavy (non-hydrogen) atoms. The van der Waals surface area contributed by atoms with Gasteiger partial charge in [-0.1, -0.05) is 50.2 Å². The lowest BCUT2D eigenvalue weighted by Crippen LogP contribution is -2.38. The first-order valence-electron chi connectivity index (χ1n) is 10.3. The Bertz CT molecular complexity index is 1090. The van der Waals surface area contributed by atoms with Crippen LogP contribution in [0.2, 0.25) is 0 Å². The van der Waals surface area contributed by atoms with Gasteiger partial charge in [0, 0.05) is 24.7 Å². The van der Waals surface area contributed by atoms with Gasteiger partial charge in [0.05, 0.1) is 0 Å². The Morgan fingerprint density at radius 1 is 1.00 bits per heavy atom. The van der Waals surface area contributed by atoms with Crippen molar-refractivity contribution in [2.45, 2.75) is 26.8 Å². The molecule has 1 aliphatic rings. The molecule has 0 aliphatic carbocycles. The number of fused-ring (bicyclic) bond motifs is 2. The van der Waals surface area contributed by atoms with Crippen molar-refractivity contribution in [2.75, 3.05) is 18.5 Å². The van der Waals surface area contributed by atoms with Gasteiger partial charge in [-0.15, -0.1) is 0 Å². The summed E-state index contributed by atoms with van der Waals surface area (Å²) in [7, 11) is 0. The minimum Gasteiger partial charge on any atom is -0.484 e. The third-order valence-electron chi connectivity index (χ3n) is 5.40. The van der Waals surface area contributed by atoms with Crippen LogP contribution in [0.4, 0.5) is 5.69 Å². The fourth-order valence-electron chi connectivity index (χ4n) is 3.79. The van der Waals surface area contributed by atoms with Crippen LogP contribution in [0.3, 0.4) is 0 Å². The van der Waals surface area contributed by atoms with Crippen LogP contribution < -0.4 is 10.1 Å². The molecule has 0 saturated carbocycles. The molecule has 4 rings (SSSR count). The van der Waals surface area contributed by atoms with Gasteiger partial charge in [0.15, 0.2) is 6.61 Å². The van der Waals surface area contributed by atoms with E-state index in [0.29, 0.717) is 12.3 Å². The SMILES string of the molecule is CC(C)C(=O)N1CCc2ccc(NC(=O)COc3ccc4ccccc4c3)cc2C1. The third kappa shape index (κ3) is 4.46. The van der Waals surface area contributed by atoms with E-state index in [9.17, 15) is 9.59 Å².